The third-order valence-electron chi connectivity index (χ3n) is 2.01. The van der Waals surface area contributed by atoms with E-state index in [0.717, 1.165) is 0 Å². The third kappa shape index (κ3) is 12.5. The van der Waals surface area contributed by atoms with Crippen LogP contribution in [0.25, 0.3) is 0 Å². The molecule has 0 saturated carbocycles. The first-order chi connectivity index (χ1) is 11.5. The lowest BCUT2D eigenvalue weighted by molar-refractivity contribution is 0.0651. The fourth-order valence-corrected chi connectivity index (χ4v) is 1.12. The standard InChI is InChI=1S/C8H6O4.2C5H8O/c9-7(10)5-3-1-2-4-6(5)8(11)12;2*1-3-5-6-4-2/h1-4H,(H,9,10)(H,11,12);2*3-5H,2H2,1H3/b;2*5-3+. The molecule has 0 spiro atoms. The van der Waals surface area contributed by atoms with Crippen LogP contribution in [0.3, 0.4) is 0 Å². The fraction of sp³-hybridized carbons (Fsp3) is 0.111. The molecular weight excluding hydrogens is 312 g/mol. The highest BCUT2D eigenvalue weighted by molar-refractivity contribution is 6.01. The van der Waals surface area contributed by atoms with Gasteiger partial charge < -0.3 is 19.7 Å². The predicted molar refractivity (Wildman–Crippen MR) is 92.6 cm³/mol. The number of ether oxygens (including phenoxy) is 2. The minimum absolute atomic E-state index is 0.190. The molecule has 6 nitrogen and oxygen atoms in total. The second-order valence-electron chi connectivity index (χ2n) is 3.70. The number of benzene rings is 1. The highest BCUT2D eigenvalue weighted by atomic mass is 16.5. The van der Waals surface area contributed by atoms with Crippen LogP contribution in [-0.4, -0.2) is 22.2 Å². The van der Waals surface area contributed by atoms with E-state index in [1.807, 2.05) is 13.8 Å². The molecule has 6 heteroatoms. The molecule has 0 saturated heterocycles. The van der Waals surface area contributed by atoms with Crippen LogP contribution < -0.4 is 0 Å². The SMILES string of the molecule is C=CO/C=C/C.C=CO/C=C/C.O=C(O)c1ccccc1C(=O)O. The quantitative estimate of drug-likeness (QED) is 0.747. The summed E-state index contributed by atoms with van der Waals surface area (Å²) < 4.78 is 9.13. The van der Waals surface area contributed by atoms with E-state index in [9.17, 15) is 9.59 Å². The Balaban J connectivity index is 0. The van der Waals surface area contributed by atoms with Crippen LogP contribution in [0.1, 0.15) is 34.6 Å². The number of allylic oxidation sites excluding steroid dienone is 2. The molecule has 0 aliphatic rings. The largest absolute Gasteiger partial charge is 0.478 e. The van der Waals surface area contributed by atoms with Gasteiger partial charge in [0.15, 0.2) is 0 Å². The zero-order chi connectivity index (χ0) is 18.8. The molecule has 0 heterocycles. The highest BCUT2D eigenvalue weighted by Crippen LogP contribution is 2.07. The molecule has 0 aliphatic heterocycles. The number of carboxylic acids is 2. The van der Waals surface area contributed by atoms with Gasteiger partial charge in [-0.2, -0.15) is 0 Å². The van der Waals surface area contributed by atoms with Crippen molar-refractivity contribution < 1.29 is 29.3 Å². The first-order valence-electron chi connectivity index (χ1n) is 6.76. The molecule has 1 aromatic rings. The van der Waals surface area contributed by atoms with E-state index in [4.69, 9.17) is 10.2 Å². The molecule has 0 unspecified atom stereocenters. The number of carbonyl (C=O) groups is 2. The maximum Gasteiger partial charge on any atom is 0.336 e. The van der Waals surface area contributed by atoms with E-state index in [2.05, 4.69) is 22.6 Å². The maximum absolute atomic E-state index is 10.5. The molecule has 130 valence electrons. The first-order valence-corrected chi connectivity index (χ1v) is 6.76. The minimum Gasteiger partial charge on any atom is -0.478 e. The lowest BCUT2D eigenvalue weighted by Crippen LogP contribution is -2.06. The lowest BCUT2D eigenvalue weighted by atomic mass is 10.1. The molecule has 0 aromatic heterocycles. The second-order valence-corrected chi connectivity index (χ2v) is 3.70. The number of hydrogen-bond acceptors (Lipinski definition) is 4. The van der Waals surface area contributed by atoms with Gasteiger partial charge in [0, 0.05) is 0 Å². The van der Waals surface area contributed by atoms with Crippen molar-refractivity contribution in [2.24, 2.45) is 0 Å². The second kappa shape index (κ2) is 16.1. The van der Waals surface area contributed by atoms with Gasteiger partial charge in [-0.15, -0.1) is 0 Å². The van der Waals surface area contributed by atoms with Crippen molar-refractivity contribution in [1.29, 1.82) is 0 Å². The number of carboxylic acid groups (broad SMARTS) is 2. The van der Waals surface area contributed by atoms with Gasteiger partial charge in [0.05, 0.1) is 36.2 Å². The minimum atomic E-state index is -1.23. The average Bonchev–Trinajstić information content (AvgIpc) is 2.59. The van der Waals surface area contributed by atoms with Crippen LogP contribution in [0.4, 0.5) is 0 Å². The van der Waals surface area contributed by atoms with Gasteiger partial charge in [-0.25, -0.2) is 9.59 Å². The Kier molecular flexibility index (Phi) is 15.4. The number of hydrogen-bond donors (Lipinski definition) is 2. The van der Waals surface area contributed by atoms with Crippen LogP contribution in [0, 0.1) is 0 Å². The van der Waals surface area contributed by atoms with E-state index in [1.54, 1.807) is 24.7 Å². The van der Waals surface area contributed by atoms with Crippen LogP contribution in [0.15, 0.2) is 74.6 Å². The van der Waals surface area contributed by atoms with E-state index in [1.165, 1.54) is 36.8 Å². The lowest BCUT2D eigenvalue weighted by Gasteiger charge is -1.98. The summed E-state index contributed by atoms with van der Waals surface area (Å²) in [5.74, 6) is -2.46. The van der Waals surface area contributed by atoms with E-state index in [0.29, 0.717) is 0 Å². The normalized spacial score (nSPS) is 9.08. The Morgan fingerprint density at radius 2 is 1.21 bits per heavy atom. The molecule has 0 atom stereocenters. The monoisotopic (exact) mass is 334 g/mol. The van der Waals surface area contributed by atoms with Crippen molar-refractivity contribution in [2.75, 3.05) is 0 Å². The average molecular weight is 334 g/mol. The summed E-state index contributed by atoms with van der Waals surface area (Å²) in [5, 5.41) is 17.1. The fourth-order valence-electron chi connectivity index (χ4n) is 1.12. The summed E-state index contributed by atoms with van der Waals surface area (Å²) in [5.41, 5.74) is -0.380. The molecule has 0 fully saturated rings. The Bertz CT molecular complexity index is 522. The van der Waals surface area contributed by atoms with E-state index >= 15 is 0 Å². The Morgan fingerprint density at radius 3 is 1.38 bits per heavy atom. The molecule has 0 bridgehead atoms. The van der Waals surface area contributed by atoms with Crippen LogP contribution in [-0.2, 0) is 9.47 Å². The summed E-state index contributed by atoms with van der Waals surface area (Å²) in [6.45, 7) is 10.4. The van der Waals surface area contributed by atoms with Crippen molar-refractivity contribution in [3.8, 4) is 0 Å². The zero-order valence-corrected chi connectivity index (χ0v) is 13.7. The molecule has 24 heavy (non-hydrogen) atoms. The summed E-state index contributed by atoms with van der Waals surface area (Å²) >= 11 is 0. The predicted octanol–water partition coefficient (Wildman–Crippen LogP) is 4.44. The molecule has 0 amide bonds. The third-order valence-corrected chi connectivity index (χ3v) is 2.01. The Morgan fingerprint density at radius 1 is 0.875 bits per heavy atom. The molecule has 2 N–H and O–H groups in total. The van der Waals surface area contributed by atoms with Crippen LogP contribution >= 0.6 is 0 Å². The van der Waals surface area contributed by atoms with Crippen molar-refractivity contribution in [3.05, 3.63) is 85.8 Å². The van der Waals surface area contributed by atoms with Gasteiger partial charge in [-0.05, 0) is 26.0 Å². The molecular formula is C18H22O6. The smallest absolute Gasteiger partial charge is 0.336 e. The van der Waals surface area contributed by atoms with E-state index in [-0.39, 0.29) is 11.1 Å². The van der Waals surface area contributed by atoms with Gasteiger partial charge in [-0.1, -0.05) is 37.4 Å². The summed E-state index contributed by atoms with van der Waals surface area (Å²) in [6, 6.07) is 5.48. The van der Waals surface area contributed by atoms with Gasteiger partial charge in [0.2, 0.25) is 0 Å². The van der Waals surface area contributed by atoms with Gasteiger partial charge >= 0.3 is 11.9 Å². The van der Waals surface area contributed by atoms with Crippen LogP contribution in [0.5, 0.6) is 0 Å². The van der Waals surface area contributed by atoms with Crippen molar-refractivity contribution in [3.63, 3.8) is 0 Å². The Labute approximate surface area is 141 Å². The van der Waals surface area contributed by atoms with Crippen molar-refractivity contribution in [2.45, 2.75) is 13.8 Å². The summed E-state index contributed by atoms with van der Waals surface area (Å²) in [4.78, 5) is 20.9. The molecule has 0 radical (unpaired) electrons. The van der Waals surface area contributed by atoms with Crippen LogP contribution in [0.2, 0.25) is 0 Å². The summed E-state index contributed by atoms with van der Waals surface area (Å²) in [6.07, 6.45) is 9.46. The molecule has 0 aliphatic carbocycles. The zero-order valence-electron chi connectivity index (χ0n) is 13.7. The topological polar surface area (TPSA) is 93.1 Å². The van der Waals surface area contributed by atoms with Gasteiger partial charge in [0.25, 0.3) is 0 Å². The first kappa shape index (κ1) is 23.0. The maximum atomic E-state index is 10.5. The highest BCUT2D eigenvalue weighted by Gasteiger charge is 2.13. The van der Waals surface area contributed by atoms with Gasteiger partial charge in [-0.3, -0.25) is 0 Å². The van der Waals surface area contributed by atoms with Crippen molar-refractivity contribution in [1.82, 2.24) is 0 Å². The van der Waals surface area contributed by atoms with E-state index < -0.39 is 11.9 Å². The molecule has 1 rings (SSSR count). The number of rotatable bonds is 6. The number of aromatic carboxylic acids is 2. The van der Waals surface area contributed by atoms with Gasteiger partial charge in [0.1, 0.15) is 0 Å². The molecule has 1 aromatic carbocycles. The Hall–Kier alpha value is -3.28. The van der Waals surface area contributed by atoms with Crippen molar-refractivity contribution >= 4 is 11.9 Å². The summed E-state index contributed by atoms with van der Waals surface area (Å²) in [7, 11) is 0.